The summed E-state index contributed by atoms with van der Waals surface area (Å²) < 4.78 is 5.04. The number of ketones is 1. The first-order valence-electron chi connectivity index (χ1n) is 8.54. The number of carbonyl (C=O) groups is 3. The second-order valence-electron chi connectivity index (χ2n) is 6.97. The third-order valence-corrected chi connectivity index (χ3v) is 4.60. The van der Waals surface area contributed by atoms with Gasteiger partial charge in [-0.3, -0.25) is 14.4 Å². The Balaban J connectivity index is 1.80. The van der Waals surface area contributed by atoms with Crippen LogP contribution in [0.15, 0.2) is 59.5 Å². The normalized spacial score (nSPS) is 10.9. The minimum atomic E-state index is -0.500. The van der Waals surface area contributed by atoms with Gasteiger partial charge in [-0.25, -0.2) is 0 Å². The number of nitrogens with one attached hydrogen (secondary N) is 1. The first kappa shape index (κ1) is 20.7. The van der Waals surface area contributed by atoms with E-state index in [2.05, 4.69) is 5.32 Å². The van der Waals surface area contributed by atoms with Crippen molar-refractivity contribution in [2.45, 2.75) is 25.7 Å². The van der Waals surface area contributed by atoms with E-state index in [-0.39, 0.29) is 24.1 Å². The molecule has 5 nitrogen and oxygen atoms in total. The highest BCUT2D eigenvalue weighted by Gasteiger charge is 2.21. The zero-order valence-electron chi connectivity index (χ0n) is 15.7. The molecule has 0 aliphatic rings. The van der Waals surface area contributed by atoms with Crippen molar-refractivity contribution < 1.29 is 19.1 Å². The predicted octanol–water partition coefficient (Wildman–Crippen LogP) is 4.19. The van der Waals surface area contributed by atoms with Gasteiger partial charge in [0.1, 0.15) is 0 Å². The fourth-order valence-electron chi connectivity index (χ4n) is 1.99. The maximum atomic E-state index is 12.1. The van der Waals surface area contributed by atoms with Crippen LogP contribution in [0.25, 0.3) is 0 Å². The largest absolute Gasteiger partial charge is 0.457 e. The van der Waals surface area contributed by atoms with Crippen LogP contribution in [0.4, 0.5) is 5.69 Å². The first-order valence-corrected chi connectivity index (χ1v) is 9.52. The van der Waals surface area contributed by atoms with Crippen LogP contribution in [0.5, 0.6) is 0 Å². The molecule has 6 heteroatoms. The Bertz CT molecular complexity index is 795. The molecular weight excluding hydrogens is 362 g/mol. The van der Waals surface area contributed by atoms with Crippen LogP contribution in [-0.2, 0) is 14.3 Å². The van der Waals surface area contributed by atoms with E-state index in [1.54, 1.807) is 24.3 Å². The van der Waals surface area contributed by atoms with Gasteiger partial charge in [-0.1, -0.05) is 39.0 Å². The summed E-state index contributed by atoms with van der Waals surface area (Å²) in [4.78, 5) is 36.8. The van der Waals surface area contributed by atoms with Crippen molar-refractivity contribution in [1.82, 2.24) is 0 Å². The maximum absolute atomic E-state index is 12.1. The monoisotopic (exact) mass is 385 g/mol. The number of benzene rings is 2. The van der Waals surface area contributed by atoms with Crippen molar-refractivity contribution >= 4 is 35.1 Å². The average molecular weight is 385 g/mol. The molecular formula is C21H23NO4S. The smallest absolute Gasteiger partial charge is 0.316 e. The molecule has 0 atom stereocenters. The Morgan fingerprint density at radius 3 is 2.19 bits per heavy atom. The summed E-state index contributed by atoms with van der Waals surface area (Å²) >= 11 is 1.36. The molecule has 0 saturated carbocycles. The Labute approximate surface area is 163 Å². The topological polar surface area (TPSA) is 72.5 Å². The van der Waals surface area contributed by atoms with E-state index >= 15 is 0 Å². The van der Waals surface area contributed by atoms with Crippen molar-refractivity contribution in [3.8, 4) is 0 Å². The number of hydrogen-bond acceptors (Lipinski definition) is 5. The summed E-state index contributed by atoms with van der Waals surface area (Å²) in [5, 5.41) is 2.79. The van der Waals surface area contributed by atoms with Crippen LogP contribution in [-0.4, -0.2) is 30.0 Å². The third-order valence-electron chi connectivity index (χ3n) is 3.61. The molecule has 0 spiro atoms. The molecule has 0 aliphatic heterocycles. The fourth-order valence-corrected chi connectivity index (χ4v) is 2.71. The number of thioether (sulfide) groups is 1. The van der Waals surface area contributed by atoms with Gasteiger partial charge in [0.15, 0.2) is 12.4 Å². The SMILES string of the molecule is CC(C)(C)C(=O)Nc1ccc(C(=O)COC(=O)CSc2ccccc2)cc1. The number of hydrogen-bond donors (Lipinski definition) is 1. The number of rotatable bonds is 7. The van der Waals surface area contributed by atoms with Gasteiger partial charge in [0.05, 0.1) is 5.75 Å². The molecule has 0 bridgehead atoms. The van der Waals surface area contributed by atoms with Gasteiger partial charge >= 0.3 is 5.97 Å². The summed E-state index contributed by atoms with van der Waals surface area (Å²) in [5.74, 6) is -0.686. The summed E-state index contributed by atoms with van der Waals surface area (Å²) in [5.41, 5.74) is 0.537. The molecule has 1 N–H and O–H groups in total. The molecule has 2 rings (SSSR count). The van der Waals surface area contributed by atoms with E-state index in [0.717, 1.165) is 4.90 Å². The number of anilines is 1. The van der Waals surface area contributed by atoms with Crippen LogP contribution >= 0.6 is 11.8 Å². The lowest BCUT2D eigenvalue weighted by Gasteiger charge is -2.17. The highest BCUT2D eigenvalue weighted by molar-refractivity contribution is 8.00. The van der Waals surface area contributed by atoms with Gasteiger partial charge in [-0.15, -0.1) is 11.8 Å². The molecule has 27 heavy (non-hydrogen) atoms. The van der Waals surface area contributed by atoms with Crippen LogP contribution in [0.2, 0.25) is 0 Å². The molecule has 0 fully saturated rings. The summed E-state index contributed by atoms with van der Waals surface area (Å²) in [6, 6.07) is 16.0. The molecule has 0 aromatic heterocycles. The summed E-state index contributed by atoms with van der Waals surface area (Å²) in [6.45, 7) is 5.17. The number of ether oxygens (including phenoxy) is 1. The zero-order valence-corrected chi connectivity index (χ0v) is 16.5. The molecule has 0 aliphatic carbocycles. The van der Waals surface area contributed by atoms with Crippen molar-refractivity contribution in [2.75, 3.05) is 17.7 Å². The number of esters is 1. The van der Waals surface area contributed by atoms with Crippen molar-refractivity contribution in [2.24, 2.45) is 5.41 Å². The van der Waals surface area contributed by atoms with E-state index in [0.29, 0.717) is 11.3 Å². The molecule has 0 radical (unpaired) electrons. The first-order chi connectivity index (χ1) is 12.8. The maximum Gasteiger partial charge on any atom is 0.316 e. The van der Waals surface area contributed by atoms with E-state index in [4.69, 9.17) is 4.74 Å². The van der Waals surface area contributed by atoms with Crippen molar-refractivity contribution in [3.05, 3.63) is 60.2 Å². The molecule has 1 amide bonds. The lowest BCUT2D eigenvalue weighted by atomic mass is 9.95. The lowest BCUT2D eigenvalue weighted by Crippen LogP contribution is -2.27. The Hall–Kier alpha value is -2.60. The summed E-state index contributed by atoms with van der Waals surface area (Å²) in [6.07, 6.45) is 0. The highest BCUT2D eigenvalue weighted by atomic mass is 32.2. The second-order valence-corrected chi connectivity index (χ2v) is 8.02. The van der Waals surface area contributed by atoms with Gasteiger partial charge in [-0.2, -0.15) is 0 Å². The van der Waals surface area contributed by atoms with Gasteiger partial charge in [0, 0.05) is 21.6 Å². The van der Waals surface area contributed by atoms with E-state index in [1.807, 2.05) is 51.1 Å². The average Bonchev–Trinajstić information content (AvgIpc) is 2.65. The van der Waals surface area contributed by atoms with Crippen LogP contribution < -0.4 is 5.32 Å². The van der Waals surface area contributed by atoms with Crippen molar-refractivity contribution in [3.63, 3.8) is 0 Å². The van der Waals surface area contributed by atoms with Gasteiger partial charge < -0.3 is 10.1 Å². The lowest BCUT2D eigenvalue weighted by molar-refractivity contribution is -0.139. The minimum Gasteiger partial charge on any atom is -0.457 e. The molecule has 0 unspecified atom stereocenters. The van der Waals surface area contributed by atoms with E-state index < -0.39 is 11.4 Å². The number of carbonyl (C=O) groups excluding carboxylic acids is 3. The number of amides is 1. The van der Waals surface area contributed by atoms with Gasteiger partial charge in [0.25, 0.3) is 0 Å². The second kappa shape index (κ2) is 9.37. The Morgan fingerprint density at radius 1 is 0.963 bits per heavy atom. The standard InChI is InChI=1S/C21H23NO4S/c1-21(2,3)20(25)22-16-11-9-15(10-12-16)18(23)13-26-19(24)14-27-17-7-5-4-6-8-17/h4-12H,13-14H2,1-3H3,(H,22,25). The zero-order chi connectivity index (χ0) is 19.9. The van der Waals surface area contributed by atoms with Gasteiger partial charge in [0.2, 0.25) is 5.91 Å². The fraction of sp³-hybridized carbons (Fsp3) is 0.286. The van der Waals surface area contributed by atoms with E-state index in [1.165, 1.54) is 11.8 Å². The highest BCUT2D eigenvalue weighted by Crippen LogP contribution is 2.18. The molecule has 0 heterocycles. The molecule has 2 aromatic carbocycles. The van der Waals surface area contributed by atoms with Crippen LogP contribution in [0.1, 0.15) is 31.1 Å². The van der Waals surface area contributed by atoms with Crippen LogP contribution in [0, 0.1) is 5.41 Å². The molecule has 0 saturated heterocycles. The predicted molar refractivity (Wildman–Crippen MR) is 107 cm³/mol. The third kappa shape index (κ3) is 6.90. The van der Waals surface area contributed by atoms with Crippen molar-refractivity contribution in [1.29, 1.82) is 0 Å². The molecule has 142 valence electrons. The van der Waals surface area contributed by atoms with Gasteiger partial charge in [-0.05, 0) is 36.4 Å². The minimum absolute atomic E-state index is 0.105. The Morgan fingerprint density at radius 2 is 1.59 bits per heavy atom. The summed E-state index contributed by atoms with van der Waals surface area (Å²) in [7, 11) is 0. The number of Topliss-reactive ketones (excluding diaryl/α,β-unsaturated/α-hetero) is 1. The Kier molecular flexibility index (Phi) is 7.19. The van der Waals surface area contributed by atoms with Crippen LogP contribution in [0.3, 0.4) is 0 Å². The molecule has 2 aromatic rings. The van der Waals surface area contributed by atoms with E-state index in [9.17, 15) is 14.4 Å². The quantitative estimate of drug-likeness (QED) is 0.440.